The Balaban J connectivity index is 2.82. The van der Waals surface area contributed by atoms with Crippen LogP contribution in [0.3, 0.4) is 0 Å². The topological polar surface area (TPSA) is 37.3 Å². The van der Waals surface area contributed by atoms with E-state index in [1.54, 1.807) is 24.3 Å². The summed E-state index contributed by atoms with van der Waals surface area (Å²) in [7, 11) is 0. The van der Waals surface area contributed by atoms with Crippen molar-refractivity contribution < 1.29 is 14.3 Å². The van der Waals surface area contributed by atoms with Gasteiger partial charge < -0.3 is 5.11 Å². The Hall–Kier alpha value is -0.900. The minimum atomic E-state index is -1.45. The van der Waals surface area contributed by atoms with Crippen molar-refractivity contribution in [3.8, 4) is 0 Å². The maximum Gasteiger partial charge on any atom is 0.306 e. The van der Waals surface area contributed by atoms with E-state index < -0.39 is 18.6 Å². The molecule has 4 heteroatoms. The number of rotatable bonds is 3. The fourth-order valence-electron chi connectivity index (χ4n) is 0.992. The van der Waals surface area contributed by atoms with Crippen LogP contribution in [0.25, 0.3) is 0 Å². The zero-order chi connectivity index (χ0) is 9.84. The van der Waals surface area contributed by atoms with Gasteiger partial charge in [0.25, 0.3) is 0 Å². The van der Waals surface area contributed by atoms with Gasteiger partial charge in [-0.05, 0) is 6.07 Å². The average Bonchev–Trinajstić information content (AvgIpc) is 2.03. The number of carboxylic acids is 1. The molecule has 0 aliphatic rings. The van der Waals surface area contributed by atoms with Crippen LogP contribution in [0.1, 0.15) is 18.2 Å². The van der Waals surface area contributed by atoms with Crippen LogP contribution in [0.5, 0.6) is 0 Å². The second-order valence-electron chi connectivity index (χ2n) is 2.59. The summed E-state index contributed by atoms with van der Waals surface area (Å²) in [6.45, 7) is 0. The van der Waals surface area contributed by atoms with E-state index in [1.165, 1.54) is 0 Å². The lowest BCUT2D eigenvalue weighted by atomic mass is 10.1. The minimum Gasteiger partial charge on any atom is -0.481 e. The summed E-state index contributed by atoms with van der Waals surface area (Å²) in [5, 5.41) is 8.38. The summed E-state index contributed by atoms with van der Waals surface area (Å²) >= 11 is 3.15. The molecule has 1 rings (SSSR count). The predicted molar refractivity (Wildman–Crippen MR) is 50.2 cm³/mol. The molecular weight excluding hydrogens is 239 g/mol. The highest BCUT2D eigenvalue weighted by Crippen LogP contribution is 2.28. The SMILES string of the molecule is O=C(O)CC(F)c1ccccc1Br. The first-order valence-electron chi connectivity index (χ1n) is 3.71. The standard InChI is InChI=1S/C9H8BrFO2/c10-7-4-2-1-3-6(7)8(11)5-9(12)13/h1-4,8H,5H2,(H,12,13). The normalized spacial score (nSPS) is 12.5. The predicted octanol–water partition coefficient (Wildman–Crippen LogP) is 2.93. The number of halogens is 2. The largest absolute Gasteiger partial charge is 0.481 e. The summed E-state index contributed by atoms with van der Waals surface area (Å²) in [6.07, 6.45) is -1.95. The molecule has 1 N–H and O–H groups in total. The van der Waals surface area contributed by atoms with E-state index in [4.69, 9.17) is 5.11 Å². The van der Waals surface area contributed by atoms with E-state index in [1.807, 2.05) is 0 Å². The smallest absolute Gasteiger partial charge is 0.306 e. The molecule has 1 atom stereocenters. The number of hydrogen-bond donors (Lipinski definition) is 1. The van der Waals surface area contributed by atoms with Crippen molar-refractivity contribution in [3.05, 3.63) is 34.3 Å². The molecule has 1 aromatic rings. The van der Waals surface area contributed by atoms with Crippen LogP contribution < -0.4 is 0 Å². The Kier molecular flexibility index (Phi) is 3.42. The Bertz CT molecular complexity index is 314. The van der Waals surface area contributed by atoms with Gasteiger partial charge in [-0.2, -0.15) is 0 Å². The maximum atomic E-state index is 13.2. The molecule has 0 saturated carbocycles. The molecule has 1 aromatic carbocycles. The molecule has 0 spiro atoms. The molecule has 0 aliphatic heterocycles. The first-order chi connectivity index (χ1) is 6.11. The lowest BCUT2D eigenvalue weighted by Gasteiger charge is -2.07. The molecule has 0 saturated heterocycles. The van der Waals surface area contributed by atoms with E-state index >= 15 is 0 Å². The summed E-state index contributed by atoms with van der Waals surface area (Å²) in [6, 6.07) is 6.68. The van der Waals surface area contributed by atoms with E-state index in [0.717, 1.165) is 0 Å². The number of alkyl halides is 1. The molecule has 0 radical (unpaired) electrons. The van der Waals surface area contributed by atoms with Crippen molar-refractivity contribution >= 4 is 21.9 Å². The second-order valence-corrected chi connectivity index (χ2v) is 3.44. The molecule has 0 amide bonds. The van der Waals surface area contributed by atoms with Crippen LogP contribution in [0.15, 0.2) is 28.7 Å². The average molecular weight is 247 g/mol. The molecule has 0 heterocycles. The molecule has 0 aromatic heterocycles. The lowest BCUT2D eigenvalue weighted by Crippen LogP contribution is -2.02. The summed E-state index contributed by atoms with van der Waals surface area (Å²) in [4.78, 5) is 10.2. The van der Waals surface area contributed by atoms with Crippen LogP contribution in [0.2, 0.25) is 0 Å². The monoisotopic (exact) mass is 246 g/mol. The van der Waals surface area contributed by atoms with Gasteiger partial charge in [0.2, 0.25) is 0 Å². The lowest BCUT2D eigenvalue weighted by molar-refractivity contribution is -0.138. The molecule has 0 aliphatic carbocycles. The fourth-order valence-corrected chi connectivity index (χ4v) is 1.53. The molecule has 2 nitrogen and oxygen atoms in total. The minimum absolute atomic E-state index is 0.380. The quantitative estimate of drug-likeness (QED) is 0.891. The van der Waals surface area contributed by atoms with Gasteiger partial charge in [-0.15, -0.1) is 0 Å². The zero-order valence-electron chi connectivity index (χ0n) is 6.71. The summed E-state index contributed by atoms with van der Waals surface area (Å²) < 4.78 is 13.8. The van der Waals surface area contributed by atoms with Gasteiger partial charge in [-0.25, -0.2) is 4.39 Å². The van der Waals surface area contributed by atoms with Crippen molar-refractivity contribution in [2.75, 3.05) is 0 Å². The Labute approximate surface area is 83.5 Å². The molecule has 13 heavy (non-hydrogen) atoms. The highest BCUT2D eigenvalue weighted by atomic mass is 79.9. The van der Waals surface area contributed by atoms with E-state index in [0.29, 0.717) is 10.0 Å². The van der Waals surface area contributed by atoms with Crippen LogP contribution in [0, 0.1) is 0 Å². The number of carbonyl (C=O) groups is 1. The van der Waals surface area contributed by atoms with E-state index in [9.17, 15) is 9.18 Å². The summed E-state index contributed by atoms with van der Waals surface area (Å²) in [5.41, 5.74) is 0.380. The van der Waals surface area contributed by atoms with Crippen molar-refractivity contribution in [3.63, 3.8) is 0 Å². The molecule has 0 bridgehead atoms. The summed E-state index contributed by atoms with van der Waals surface area (Å²) in [5.74, 6) is -1.14. The third kappa shape index (κ3) is 2.81. The van der Waals surface area contributed by atoms with Gasteiger partial charge in [0.15, 0.2) is 0 Å². The molecular formula is C9H8BrFO2. The second kappa shape index (κ2) is 4.37. The van der Waals surface area contributed by atoms with Crippen LogP contribution >= 0.6 is 15.9 Å². The van der Waals surface area contributed by atoms with Gasteiger partial charge in [0, 0.05) is 10.0 Å². The maximum absolute atomic E-state index is 13.2. The van der Waals surface area contributed by atoms with E-state index in [2.05, 4.69) is 15.9 Å². The number of benzene rings is 1. The van der Waals surface area contributed by atoms with Gasteiger partial charge in [0.1, 0.15) is 6.17 Å². The van der Waals surface area contributed by atoms with Crippen LogP contribution in [0.4, 0.5) is 4.39 Å². The van der Waals surface area contributed by atoms with Gasteiger partial charge in [0.05, 0.1) is 6.42 Å². The van der Waals surface area contributed by atoms with Crippen molar-refractivity contribution in [1.29, 1.82) is 0 Å². The van der Waals surface area contributed by atoms with Crippen molar-refractivity contribution in [1.82, 2.24) is 0 Å². The highest BCUT2D eigenvalue weighted by Gasteiger charge is 2.15. The van der Waals surface area contributed by atoms with E-state index in [-0.39, 0.29) is 0 Å². The highest BCUT2D eigenvalue weighted by molar-refractivity contribution is 9.10. The number of hydrogen-bond acceptors (Lipinski definition) is 1. The van der Waals surface area contributed by atoms with Crippen molar-refractivity contribution in [2.24, 2.45) is 0 Å². The first kappa shape index (κ1) is 10.2. The molecule has 0 fully saturated rings. The third-order valence-corrected chi connectivity index (χ3v) is 2.32. The van der Waals surface area contributed by atoms with Crippen molar-refractivity contribution in [2.45, 2.75) is 12.6 Å². The fraction of sp³-hybridized carbons (Fsp3) is 0.222. The Morgan fingerprint density at radius 1 is 1.54 bits per heavy atom. The number of carboxylic acid groups (broad SMARTS) is 1. The van der Waals surface area contributed by atoms with Crippen LogP contribution in [-0.2, 0) is 4.79 Å². The Morgan fingerprint density at radius 2 is 2.15 bits per heavy atom. The zero-order valence-corrected chi connectivity index (χ0v) is 8.29. The molecule has 70 valence electrons. The Morgan fingerprint density at radius 3 is 2.69 bits per heavy atom. The molecule has 1 unspecified atom stereocenters. The number of aliphatic carboxylic acids is 1. The van der Waals surface area contributed by atoms with Gasteiger partial charge in [-0.1, -0.05) is 34.1 Å². The van der Waals surface area contributed by atoms with Gasteiger partial charge in [-0.3, -0.25) is 4.79 Å². The van der Waals surface area contributed by atoms with Crippen LogP contribution in [-0.4, -0.2) is 11.1 Å². The third-order valence-electron chi connectivity index (χ3n) is 1.60. The first-order valence-corrected chi connectivity index (χ1v) is 4.51. The van der Waals surface area contributed by atoms with Gasteiger partial charge >= 0.3 is 5.97 Å².